The molecule has 0 aliphatic rings. The van der Waals surface area contributed by atoms with Gasteiger partial charge in [0.1, 0.15) is 0 Å². The van der Waals surface area contributed by atoms with E-state index in [-0.39, 0.29) is 0 Å². The second-order valence-corrected chi connectivity index (χ2v) is 3.53. The van der Waals surface area contributed by atoms with Crippen LogP contribution in [0.25, 0.3) is 0 Å². The van der Waals surface area contributed by atoms with Crippen molar-refractivity contribution >= 4 is 33.3 Å². The molecule has 0 aliphatic carbocycles. The van der Waals surface area contributed by atoms with Crippen LogP contribution in [0.4, 0.5) is 0 Å². The van der Waals surface area contributed by atoms with Gasteiger partial charge in [0, 0.05) is 0 Å². The highest BCUT2D eigenvalue weighted by atomic mass is 32.1. The van der Waals surface area contributed by atoms with Crippen LogP contribution in [0.3, 0.4) is 0 Å². The van der Waals surface area contributed by atoms with Crippen molar-refractivity contribution in [1.29, 1.82) is 0 Å². The van der Waals surface area contributed by atoms with E-state index < -0.39 is 7.67 Å². The van der Waals surface area contributed by atoms with Crippen molar-refractivity contribution in [2.24, 2.45) is 0 Å². The molecule has 0 fully saturated rings. The predicted octanol–water partition coefficient (Wildman–Crippen LogP) is -0.0444. The van der Waals surface area contributed by atoms with E-state index >= 15 is 0 Å². The van der Waals surface area contributed by atoms with E-state index in [9.17, 15) is 4.57 Å². The summed E-state index contributed by atoms with van der Waals surface area (Å²) in [6.45, 7) is 0. The van der Waals surface area contributed by atoms with E-state index in [4.69, 9.17) is 4.89 Å². The van der Waals surface area contributed by atoms with Gasteiger partial charge in [-0.3, -0.25) is 4.57 Å². The molecule has 7 heavy (non-hydrogen) atoms. The van der Waals surface area contributed by atoms with Gasteiger partial charge in [-0.05, 0) is 0 Å². The van der Waals surface area contributed by atoms with Gasteiger partial charge in [-0.25, -0.2) is 0 Å². The van der Waals surface area contributed by atoms with Crippen LogP contribution in [0, 0.1) is 0 Å². The van der Waals surface area contributed by atoms with E-state index in [2.05, 4.69) is 25.6 Å². The molecule has 0 atom stereocenters. The topological polar surface area (TPSA) is 61.4 Å². The van der Waals surface area contributed by atoms with Gasteiger partial charge in [-0.1, -0.05) is 25.6 Å². The fraction of sp³-hybridized carbons (Fsp3) is 0. The summed E-state index contributed by atoms with van der Waals surface area (Å²) < 4.78 is 13.8. The van der Waals surface area contributed by atoms with Gasteiger partial charge < -0.3 is 4.89 Å². The SMILES string of the molecule is O=P(O)(NS)NS. The maximum absolute atomic E-state index is 10.1. The first-order chi connectivity index (χ1) is 3.12. The van der Waals surface area contributed by atoms with Crippen LogP contribution in [0.5, 0.6) is 0 Å². The highest BCUT2D eigenvalue weighted by Crippen LogP contribution is 2.29. The Labute approximate surface area is 52.3 Å². The second-order valence-electron chi connectivity index (χ2n) is 0.776. The third kappa shape index (κ3) is 3.40. The minimum Gasteiger partial charge on any atom is -0.321 e. The molecule has 0 amide bonds. The Hall–Kier alpha value is 0.810. The Morgan fingerprint density at radius 2 is 1.71 bits per heavy atom. The van der Waals surface area contributed by atoms with Crippen molar-refractivity contribution in [2.45, 2.75) is 0 Å². The summed E-state index contributed by atoms with van der Waals surface area (Å²) in [4.78, 5) is 8.31. The number of hydrogen-bond donors (Lipinski definition) is 5. The largest absolute Gasteiger partial charge is 0.356 e. The smallest absolute Gasteiger partial charge is 0.321 e. The molecule has 4 nitrogen and oxygen atoms in total. The lowest BCUT2D eigenvalue weighted by molar-refractivity contribution is 0.473. The molecule has 0 aromatic heterocycles. The van der Waals surface area contributed by atoms with Crippen molar-refractivity contribution in [1.82, 2.24) is 8.99 Å². The molecular formula is H5N2O2PS2. The van der Waals surface area contributed by atoms with Gasteiger partial charge in [-0.2, -0.15) is 8.99 Å². The summed E-state index contributed by atoms with van der Waals surface area (Å²) in [5.41, 5.74) is 0. The van der Waals surface area contributed by atoms with Gasteiger partial charge in [0.15, 0.2) is 0 Å². The zero-order valence-corrected chi connectivity index (χ0v) is 5.88. The third-order valence-electron chi connectivity index (χ3n) is 0.271. The summed E-state index contributed by atoms with van der Waals surface area (Å²) in [6.07, 6.45) is 0. The average molecular weight is 160 g/mol. The lowest BCUT2D eigenvalue weighted by Gasteiger charge is -2.02. The van der Waals surface area contributed by atoms with Crippen LogP contribution < -0.4 is 8.99 Å². The Kier molecular flexibility index (Phi) is 3.30. The molecule has 0 bridgehead atoms. The fourth-order valence-corrected chi connectivity index (χ4v) is 0.604. The second kappa shape index (κ2) is 2.96. The summed E-state index contributed by atoms with van der Waals surface area (Å²) in [6, 6.07) is 0. The van der Waals surface area contributed by atoms with Crippen molar-refractivity contribution in [3.05, 3.63) is 0 Å². The summed E-state index contributed by atoms with van der Waals surface area (Å²) in [5, 5.41) is 0. The van der Waals surface area contributed by atoms with Crippen molar-refractivity contribution < 1.29 is 9.46 Å². The van der Waals surface area contributed by atoms with E-state index in [1.807, 2.05) is 8.99 Å². The Morgan fingerprint density at radius 3 is 1.71 bits per heavy atom. The molecule has 44 valence electrons. The van der Waals surface area contributed by atoms with Crippen LogP contribution in [-0.2, 0) is 4.57 Å². The van der Waals surface area contributed by atoms with Crippen LogP contribution in [-0.4, -0.2) is 4.89 Å². The standard InChI is InChI=1S/H5N2O2PS2/c3-5(4,1-6)2-7/h6-7H,(H3,1,2,3,4). The molecule has 0 aromatic carbocycles. The molecule has 7 heteroatoms. The number of thiol groups is 2. The summed E-state index contributed by atoms with van der Waals surface area (Å²) >= 11 is 6.61. The first-order valence-electron chi connectivity index (χ1n) is 1.28. The minimum atomic E-state index is -3.43. The van der Waals surface area contributed by atoms with Crippen molar-refractivity contribution in [3.8, 4) is 0 Å². The molecule has 0 saturated carbocycles. The first-order valence-corrected chi connectivity index (χ1v) is 3.83. The van der Waals surface area contributed by atoms with Gasteiger partial charge in [-0.15, -0.1) is 0 Å². The lowest BCUT2D eigenvalue weighted by Crippen LogP contribution is -2.04. The Morgan fingerprint density at radius 1 is 1.43 bits per heavy atom. The first kappa shape index (κ1) is 7.81. The molecule has 0 unspecified atom stereocenters. The Bertz CT molecular complexity index is 85.7. The molecule has 0 spiro atoms. The number of rotatable bonds is 2. The predicted molar refractivity (Wildman–Crippen MR) is 34.1 cm³/mol. The quantitative estimate of drug-likeness (QED) is 0.290. The fourth-order valence-electron chi connectivity index (χ4n) is 0.0224. The van der Waals surface area contributed by atoms with Crippen LogP contribution >= 0.6 is 33.3 Å². The average Bonchev–Trinajstić information content (AvgIpc) is 1.68. The summed E-state index contributed by atoms with van der Waals surface area (Å²) in [5.74, 6) is 0. The lowest BCUT2D eigenvalue weighted by atomic mass is 13.8. The highest BCUT2D eigenvalue weighted by molar-refractivity contribution is 7.91. The summed E-state index contributed by atoms with van der Waals surface area (Å²) in [7, 11) is -3.43. The molecule has 3 N–H and O–H groups in total. The monoisotopic (exact) mass is 160 g/mol. The highest BCUT2D eigenvalue weighted by Gasteiger charge is 2.09. The van der Waals surface area contributed by atoms with Crippen LogP contribution in [0.1, 0.15) is 0 Å². The van der Waals surface area contributed by atoms with E-state index in [1.165, 1.54) is 0 Å². The van der Waals surface area contributed by atoms with E-state index in [0.717, 1.165) is 0 Å². The third-order valence-corrected chi connectivity index (χ3v) is 2.44. The van der Waals surface area contributed by atoms with E-state index in [0.29, 0.717) is 0 Å². The van der Waals surface area contributed by atoms with Crippen molar-refractivity contribution in [2.75, 3.05) is 0 Å². The van der Waals surface area contributed by atoms with Gasteiger partial charge in [0.25, 0.3) is 0 Å². The molecule has 0 rings (SSSR count). The molecule has 0 radical (unpaired) electrons. The molecule has 0 heterocycles. The van der Waals surface area contributed by atoms with Gasteiger partial charge in [0.05, 0.1) is 0 Å². The zero-order chi connectivity index (χ0) is 5.91. The maximum Gasteiger partial charge on any atom is 0.356 e. The van der Waals surface area contributed by atoms with Crippen molar-refractivity contribution in [3.63, 3.8) is 0 Å². The molecular weight excluding hydrogens is 155 g/mol. The number of hydrogen-bond acceptors (Lipinski definition) is 3. The molecule has 0 aliphatic heterocycles. The van der Waals surface area contributed by atoms with E-state index in [1.54, 1.807) is 0 Å². The maximum atomic E-state index is 10.1. The minimum absolute atomic E-state index is 1.81. The molecule has 0 saturated heterocycles. The molecule has 0 aromatic rings. The van der Waals surface area contributed by atoms with Gasteiger partial charge >= 0.3 is 7.67 Å². The van der Waals surface area contributed by atoms with Gasteiger partial charge in [0.2, 0.25) is 0 Å². The zero-order valence-electron chi connectivity index (χ0n) is 3.20. The number of nitrogens with one attached hydrogen (secondary N) is 2. The normalized spacial score (nSPS) is 11.9. The Balaban J connectivity index is 3.61. The van der Waals surface area contributed by atoms with Crippen LogP contribution in [0.15, 0.2) is 0 Å². The van der Waals surface area contributed by atoms with Crippen LogP contribution in [0.2, 0.25) is 0 Å².